The second-order valence-corrected chi connectivity index (χ2v) is 4.03. The van der Waals surface area contributed by atoms with Crippen LogP contribution in [0.2, 0.25) is 0 Å². The first kappa shape index (κ1) is 9.42. The highest BCUT2D eigenvalue weighted by Gasteiger charge is 2.07. The van der Waals surface area contributed by atoms with Crippen molar-refractivity contribution in [1.82, 2.24) is 0 Å². The van der Waals surface area contributed by atoms with E-state index in [1.54, 1.807) is 18.2 Å². The molecule has 1 aromatic rings. The lowest BCUT2D eigenvalue weighted by Gasteiger charge is -2.35. The summed E-state index contributed by atoms with van der Waals surface area (Å²) in [5.41, 5.74) is 5.51. The standard InChI is InChI=1S/C7H10NO3P/c8-7(12(9,10)11)6-4-2-1-3-5-6/h1-5,7H,8H2,(H2,9,10,11)/p-2. The fraction of sp³-hybridized carbons (Fsp3) is 0.143. The molecule has 0 spiro atoms. The van der Waals surface area contributed by atoms with Gasteiger partial charge in [-0.2, -0.15) is 0 Å². The van der Waals surface area contributed by atoms with Crippen LogP contribution in [0.5, 0.6) is 0 Å². The monoisotopic (exact) mass is 185 g/mol. The van der Waals surface area contributed by atoms with Crippen molar-refractivity contribution in [2.45, 2.75) is 5.78 Å². The van der Waals surface area contributed by atoms with Gasteiger partial charge in [-0.3, -0.25) is 0 Å². The highest BCUT2D eigenvalue weighted by Crippen LogP contribution is 2.39. The summed E-state index contributed by atoms with van der Waals surface area (Å²) in [7, 11) is -4.70. The molecule has 2 N–H and O–H groups in total. The van der Waals surface area contributed by atoms with Crippen molar-refractivity contribution < 1.29 is 14.4 Å². The first-order valence-corrected chi connectivity index (χ1v) is 4.95. The third-order valence-corrected chi connectivity index (χ3v) is 2.46. The van der Waals surface area contributed by atoms with Crippen molar-refractivity contribution in [2.75, 3.05) is 0 Å². The van der Waals surface area contributed by atoms with Crippen LogP contribution in [0, 0.1) is 0 Å². The first-order valence-electron chi connectivity index (χ1n) is 3.34. The van der Waals surface area contributed by atoms with Crippen LogP contribution in [0.3, 0.4) is 0 Å². The van der Waals surface area contributed by atoms with Gasteiger partial charge in [0.15, 0.2) is 0 Å². The molecule has 1 unspecified atom stereocenters. The smallest absolute Gasteiger partial charge is 0.0575 e. The van der Waals surface area contributed by atoms with Gasteiger partial charge >= 0.3 is 0 Å². The maximum atomic E-state index is 10.5. The minimum absolute atomic E-state index is 0.325. The van der Waals surface area contributed by atoms with Gasteiger partial charge < -0.3 is 20.1 Å². The van der Waals surface area contributed by atoms with Gasteiger partial charge in [-0.25, -0.2) is 0 Å². The lowest BCUT2D eigenvalue weighted by atomic mass is 10.2. The zero-order valence-corrected chi connectivity index (χ0v) is 7.11. The molecule has 4 nitrogen and oxygen atoms in total. The van der Waals surface area contributed by atoms with Crippen LogP contribution < -0.4 is 15.5 Å². The van der Waals surface area contributed by atoms with E-state index >= 15 is 0 Å². The molecule has 0 radical (unpaired) electrons. The Bertz CT molecular complexity index is 295. The van der Waals surface area contributed by atoms with Gasteiger partial charge in [-0.05, 0) is 13.2 Å². The predicted molar refractivity (Wildman–Crippen MR) is 41.0 cm³/mol. The summed E-state index contributed by atoms with van der Waals surface area (Å²) in [6, 6.07) is 7.99. The van der Waals surface area contributed by atoms with Crippen LogP contribution in [0.1, 0.15) is 11.3 Å². The molecule has 1 aromatic carbocycles. The van der Waals surface area contributed by atoms with Gasteiger partial charge in [0, 0.05) is 0 Å². The number of hydrogen-bond donors (Lipinski definition) is 1. The maximum Gasteiger partial charge on any atom is 0.0575 e. The van der Waals surface area contributed by atoms with Gasteiger partial charge in [0.2, 0.25) is 0 Å². The van der Waals surface area contributed by atoms with E-state index in [1.165, 1.54) is 12.1 Å². The van der Waals surface area contributed by atoms with Crippen molar-refractivity contribution in [3.05, 3.63) is 35.9 Å². The molecule has 1 atom stereocenters. The summed E-state index contributed by atoms with van der Waals surface area (Å²) < 4.78 is 10.5. The van der Waals surface area contributed by atoms with E-state index in [0.29, 0.717) is 5.56 Å². The third kappa shape index (κ3) is 2.16. The highest BCUT2D eigenvalue weighted by atomic mass is 31.2. The maximum absolute atomic E-state index is 10.5. The minimum atomic E-state index is -4.70. The van der Waals surface area contributed by atoms with Crippen LogP contribution in [0.25, 0.3) is 0 Å². The summed E-state index contributed by atoms with van der Waals surface area (Å²) >= 11 is 0. The van der Waals surface area contributed by atoms with Crippen molar-refractivity contribution in [3.8, 4) is 0 Å². The SMILES string of the molecule is NC(c1ccccc1)P(=O)([O-])[O-]. The zero-order chi connectivity index (χ0) is 9.19. The predicted octanol–water partition coefficient (Wildman–Crippen LogP) is -0.442. The lowest BCUT2D eigenvalue weighted by Crippen LogP contribution is -2.25. The van der Waals surface area contributed by atoms with E-state index in [0.717, 1.165) is 0 Å². The highest BCUT2D eigenvalue weighted by molar-refractivity contribution is 7.49. The molecule has 0 aliphatic heterocycles. The van der Waals surface area contributed by atoms with Crippen molar-refractivity contribution in [2.24, 2.45) is 5.73 Å². The zero-order valence-electron chi connectivity index (χ0n) is 6.21. The topological polar surface area (TPSA) is 89.2 Å². The molecule has 0 fully saturated rings. The summed E-state index contributed by atoms with van der Waals surface area (Å²) in [6.45, 7) is 0. The summed E-state index contributed by atoms with van der Waals surface area (Å²) in [4.78, 5) is 21.0. The molecule has 0 bridgehead atoms. The second kappa shape index (κ2) is 3.37. The summed E-state index contributed by atoms with van der Waals surface area (Å²) in [6.07, 6.45) is 0. The molecule has 0 saturated heterocycles. The molecule has 1 rings (SSSR count). The van der Waals surface area contributed by atoms with Crippen molar-refractivity contribution in [3.63, 3.8) is 0 Å². The van der Waals surface area contributed by atoms with Crippen LogP contribution in [-0.4, -0.2) is 0 Å². The quantitative estimate of drug-likeness (QED) is 0.632. The van der Waals surface area contributed by atoms with Crippen LogP contribution in [-0.2, 0) is 4.57 Å². The Balaban J connectivity index is 2.94. The Morgan fingerprint density at radius 1 is 1.25 bits per heavy atom. The fourth-order valence-electron chi connectivity index (χ4n) is 0.833. The minimum Gasteiger partial charge on any atom is -0.809 e. The number of nitrogens with two attached hydrogens (primary N) is 1. The average molecular weight is 185 g/mol. The Hall–Kier alpha value is -0.670. The molecule has 0 saturated carbocycles. The number of rotatable bonds is 2. The van der Waals surface area contributed by atoms with E-state index < -0.39 is 13.4 Å². The fourth-order valence-corrected chi connectivity index (χ4v) is 1.37. The van der Waals surface area contributed by atoms with Gasteiger partial charge in [0.05, 0.1) is 5.78 Å². The van der Waals surface area contributed by atoms with Crippen LogP contribution in [0.4, 0.5) is 0 Å². The van der Waals surface area contributed by atoms with E-state index in [1.807, 2.05) is 0 Å². The average Bonchev–Trinajstić information content (AvgIpc) is 2.03. The van der Waals surface area contributed by atoms with Crippen LogP contribution >= 0.6 is 7.60 Å². The lowest BCUT2D eigenvalue weighted by molar-refractivity contribution is -0.316. The Morgan fingerprint density at radius 3 is 2.17 bits per heavy atom. The van der Waals surface area contributed by atoms with E-state index in [-0.39, 0.29) is 0 Å². The molecule has 0 aliphatic carbocycles. The van der Waals surface area contributed by atoms with Gasteiger partial charge in [0.25, 0.3) is 0 Å². The normalized spacial score (nSPS) is 14.2. The molecule has 0 aromatic heterocycles. The Labute approximate surface area is 70.2 Å². The number of hydrogen-bond acceptors (Lipinski definition) is 4. The van der Waals surface area contributed by atoms with Crippen molar-refractivity contribution >= 4 is 7.60 Å². The van der Waals surface area contributed by atoms with E-state index in [9.17, 15) is 14.4 Å². The molecule has 66 valence electrons. The second-order valence-electron chi connectivity index (χ2n) is 2.40. The Kier molecular flexibility index (Phi) is 2.65. The summed E-state index contributed by atoms with van der Waals surface area (Å²) in [5, 5.41) is 0. The Morgan fingerprint density at radius 2 is 1.75 bits per heavy atom. The molecular formula is C7H8NO3P-2. The van der Waals surface area contributed by atoms with Crippen LogP contribution in [0.15, 0.2) is 30.3 Å². The molecule has 5 heteroatoms. The van der Waals surface area contributed by atoms with Gasteiger partial charge in [-0.15, -0.1) is 0 Å². The number of benzene rings is 1. The van der Waals surface area contributed by atoms with Gasteiger partial charge in [0.1, 0.15) is 0 Å². The van der Waals surface area contributed by atoms with Crippen molar-refractivity contribution in [1.29, 1.82) is 0 Å². The molecule has 0 aliphatic rings. The largest absolute Gasteiger partial charge is 0.809 e. The molecule has 0 heterocycles. The van der Waals surface area contributed by atoms with E-state index in [4.69, 9.17) is 5.73 Å². The van der Waals surface area contributed by atoms with Gasteiger partial charge in [-0.1, -0.05) is 30.3 Å². The molecule has 0 amide bonds. The molecular weight excluding hydrogens is 177 g/mol. The molecule has 12 heavy (non-hydrogen) atoms. The van der Waals surface area contributed by atoms with E-state index in [2.05, 4.69) is 0 Å². The summed E-state index contributed by atoms with van der Waals surface area (Å²) in [5.74, 6) is -1.43. The third-order valence-electron chi connectivity index (χ3n) is 1.48. The first-order chi connectivity index (χ1) is 5.52.